The van der Waals surface area contributed by atoms with Crippen molar-refractivity contribution in [2.24, 2.45) is 0 Å². The molecule has 4 heteroatoms. The van der Waals surface area contributed by atoms with Crippen molar-refractivity contribution in [1.82, 2.24) is 0 Å². The van der Waals surface area contributed by atoms with Gasteiger partial charge in [-0.15, -0.1) is 11.3 Å². The van der Waals surface area contributed by atoms with E-state index in [1.54, 1.807) is 0 Å². The van der Waals surface area contributed by atoms with Gasteiger partial charge in [-0.25, -0.2) is 0 Å². The minimum atomic E-state index is 0.208. The number of aryl methyl sites for hydroxylation is 2. The van der Waals surface area contributed by atoms with Crippen LogP contribution in [-0.2, 0) is 6.42 Å². The molecular formula is C35H25BN2S. The molecule has 5 aromatic carbocycles. The number of para-hydroxylation sites is 2. The number of benzene rings is 5. The number of anilines is 6. The molecule has 4 heterocycles. The quantitative estimate of drug-likeness (QED) is 0.216. The Hall–Kier alpha value is -4.28. The fourth-order valence-corrected chi connectivity index (χ4v) is 8.48. The van der Waals surface area contributed by atoms with E-state index in [2.05, 4.69) is 127 Å². The average Bonchev–Trinajstić information content (AvgIpc) is 3.37. The summed E-state index contributed by atoms with van der Waals surface area (Å²) in [5.41, 5.74) is 15.9. The zero-order chi connectivity index (χ0) is 25.8. The van der Waals surface area contributed by atoms with E-state index in [0.717, 1.165) is 6.42 Å². The molecular weight excluding hydrogens is 491 g/mol. The van der Waals surface area contributed by atoms with Crippen molar-refractivity contribution in [3.63, 3.8) is 0 Å². The summed E-state index contributed by atoms with van der Waals surface area (Å²) < 4.78 is 2.83. The topological polar surface area (TPSA) is 6.48 Å². The van der Waals surface area contributed by atoms with Crippen LogP contribution in [0.25, 0.3) is 21.2 Å². The van der Waals surface area contributed by atoms with Gasteiger partial charge in [-0.3, -0.25) is 0 Å². The third-order valence-electron chi connectivity index (χ3n) is 8.78. The second kappa shape index (κ2) is 7.65. The maximum absolute atomic E-state index is 2.57. The van der Waals surface area contributed by atoms with Gasteiger partial charge in [0.05, 0.1) is 11.4 Å². The van der Waals surface area contributed by atoms with Crippen LogP contribution in [0.5, 0.6) is 0 Å². The van der Waals surface area contributed by atoms with Crippen LogP contribution in [0.4, 0.5) is 34.1 Å². The van der Waals surface area contributed by atoms with E-state index in [4.69, 9.17) is 0 Å². The molecule has 0 aliphatic carbocycles. The first-order valence-corrected chi connectivity index (χ1v) is 14.6. The molecule has 2 nitrogen and oxygen atoms in total. The Balaban J connectivity index is 1.42. The van der Waals surface area contributed by atoms with Crippen LogP contribution in [0.3, 0.4) is 0 Å². The highest BCUT2D eigenvalue weighted by Gasteiger charge is 2.46. The minimum absolute atomic E-state index is 0.208. The van der Waals surface area contributed by atoms with Gasteiger partial charge in [0.2, 0.25) is 0 Å². The van der Waals surface area contributed by atoms with Crippen LogP contribution >= 0.6 is 11.3 Å². The Labute approximate surface area is 232 Å². The molecule has 0 saturated carbocycles. The molecule has 39 heavy (non-hydrogen) atoms. The number of thiophene rings is 1. The SMILES string of the molecule is CCc1ccc(N2c3ccccc3B3c4sc5cccc6c5c4N(c4ccccc4-6)c4cc(C)cc2c43)cc1. The first-order valence-electron chi connectivity index (χ1n) is 13.8. The first-order chi connectivity index (χ1) is 19.2. The zero-order valence-corrected chi connectivity index (χ0v) is 22.7. The second-order valence-electron chi connectivity index (χ2n) is 10.9. The lowest BCUT2D eigenvalue weighted by Crippen LogP contribution is -2.60. The molecule has 0 fully saturated rings. The summed E-state index contributed by atoms with van der Waals surface area (Å²) in [6.07, 6.45) is 1.05. The predicted octanol–water partition coefficient (Wildman–Crippen LogP) is 7.84. The fourth-order valence-electron chi connectivity index (χ4n) is 7.14. The van der Waals surface area contributed by atoms with Crippen molar-refractivity contribution in [1.29, 1.82) is 0 Å². The van der Waals surface area contributed by atoms with E-state index in [1.807, 2.05) is 11.3 Å². The largest absolute Gasteiger partial charge is 0.311 e. The molecule has 0 saturated heterocycles. The molecule has 9 rings (SSSR count). The highest BCUT2D eigenvalue weighted by atomic mass is 32.1. The monoisotopic (exact) mass is 516 g/mol. The summed E-state index contributed by atoms with van der Waals surface area (Å²) in [5, 5.41) is 1.40. The summed E-state index contributed by atoms with van der Waals surface area (Å²) in [7, 11) is 0. The Morgan fingerprint density at radius 3 is 2.23 bits per heavy atom. The molecule has 0 amide bonds. The fraction of sp³-hybridized carbons (Fsp3) is 0.0857. The van der Waals surface area contributed by atoms with Gasteiger partial charge >= 0.3 is 0 Å². The molecule has 0 N–H and O–H groups in total. The number of hydrogen-bond donors (Lipinski definition) is 0. The maximum atomic E-state index is 2.57. The number of nitrogens with zero attached hydrogens (tertiary/aromatic N) is 2. The number of hydrogen-bond acceptors (Lipinski definition) is 3. The highest BCUT2D eigenvalue weighted by Crippen LogP contribution is 2.54. The van der Waals surface area contributed by atoms with Gasteiger partial charge in [-0.2, -0.15) is 0 Å². The molecule has 3 aliphatic heterocycles. The van der Waals surface area contributed by atoms with Crippen LogP contribution in [0.1, 0.15) is 18.1 Å². The van der Waals surface area contributed by atoms with Crippen molar-refractivity contribution in [3.8, 4) is 11.1 Å². The molecule has 0 bridgehead atoms. The van der Waals surface area contributed by atoms with Gasteiger partial charge in [0, 0.05) is 43.2 Å². The summed E-state index contributed by atoms with van der Waals surface area (Å²) in [6, 6.07) is 38.8. The lowest BCUT2D eigenvalue weighted by molar-refractivity contribution is 1.14. The van der Waals surface area contributed by atoms with Crippen LogP contribution < -0.4 is 25.5 Å². The molecule has 184 valence electrons. The zero-order valence-electron chi connectivity index (χ0n) is 21.9. The molecule has 0 spiro atoms. The Morgan fingerprint density at radius 2 is 1.41 bits per heavy atom. The normalized spacial score (nSPS) is 13.8. The molecule has 0 atom stereocenters. The molecule has 3 aliphatic rings. The van der Waals surface area contributed by atoms with Crippen molar-refractivity contribution in [3.05, 3.63) is 114 Å². The van der Waals surface area contributed by atoms with Crippen molar-refractivity contribution >= 4 is 78.0 Å². The van der Waals surface area contributed by atoms with Crippen molar-refractivity contribution < 1.29 is 0 Å². The van der Waals surface area contributed by atoms with Gasteiger partial charge in [0.15, 0.2) is 0 Å². The summed E-state index contributed by atoms with van der Waals surface area (Å²) >= 11 is 1.98. The summed E-state index contributed by atoms with van der Waals surface area (Å²) in [6.45, 7) is 4.67. The summed E-state index contributed by atoms with van der Waals surface area (Å²) in [5.74, 6) is 0. The van der Waals surface area contributed by atoms with Crippen molar-refractivity contribution in [2.75, 3.05) is 9.80 Å². The Bertz CT molecular complexity index is 1990. The van der Waals surface area contributed by atoms with E-state index in [1.165, 1.54) is 82.2 Å². The van der Waals surface area contributed by atoms with Gasteiger partial charge in [-0.1, -0.05) is 67.6 Å². The van der Waals surface area contributed by atoms with Gasteiger partial charge in [0.25, 0.3) is 6.71 Å². The average molecular weight is 516 g/mol. The van der Waals surface area contributed by atoms with Crippen LogP contribution in [0, 0.1) is 6.92 Å². The third kappa shape index (κ3) is 2.72. The number of fused-ring (bicyclic) bond motifs is 7. The Kier molecular flexibility index (Phi) is 4.24. The van der Waals surface area contributed by atoms with Crippen LogP contribution in [0.15, 0.2) is 103 Å². The lowest BCUT2D eigenvalue weighted by atomic mass is 9.36. The minimum Gasteiger partial charge on any atom is -0.311 e. The van der Waals surface area contributed by atoms with Crippen molar-refractivity contribution in [2.45, 2.75) is 20.3 Å². The Morgan fingerprint density at radius 1 is 0.692 bits per heavy atom. The molecule has 6 aromatic rings. The summed E-state index contributed by atoms with van der Waals surface area (Å²) in [4.78, 5) is 5.07. The maximum Gasteiger partial charge on any atom is 0.264 e. The smallest absolute Gasteiger partial charge is 0.264 e. The van der Waals surface area contributed by atoms with Crippen LogP contribution in [-0.4, -0.2) is 6.71 Å². The van der Waals surface area contributed by atoms with E-state index < -0.39 is 0 Å². The lowest BCUT2D eigenvalue weighted by Gasteiger charge is -2.44. The van der Waals surface area contributed by atoms with Gasteiger partial charge in [-0.05, 0) is 83.4 Å². The van der Waals surface area contributed by atoms with Gasteiger partial charge in [0.1, 0.15) is 0 Å². The van der Waals surface area contributed by atoms with Gasteiger partial charge < -0.3 is 9.80 Å². The highest BCUT2D eigenvalue weighted by molar-refractivity contribution is 7.33. The van der Waals surface area contributed by atoms with E-state index >= 15 is 0 Å². The first kappa shape index (κ1) is 21.6. The molecule has 0 radical (unpaired) electrons. The second-order valence-corrected chi connectivity index (χ2v) is 12.0. The van der Waals surface area contributed by atoms with E-state index in [9.17, 15) is 0 Å². The third-order valence-corrected chi connectivity index (χ3v) is 9.99. The van der Waals surface area contributed by atoms with E-state index in [0.29, 0.717) is 0 Å². The predicted molar refractivity (Wildman–Crippen MR) is 169 cm³/mol. The van der Waals surface area contributed by atoms with E-state index in [-0.39, 0.29) is 6.71 Å². The molecule has 0 unspecified atom stereocenters. The standard InChI is InChI=1S/C35H25BN2S/c1-3-22-15-17-23(18-16-22)37-28-13-7-5-11-26(28)36-33-29(37)19-21(2)20-30(33)38-27-12-6-4-9-24(27)25-10-8-14-31-32(25)34(38)35(36)39-31/h4-20H,3H2,1-2H3. The van der Waals surface area contributed by atoms with Crippen LogP contribution in [0.2, 0.25) is 0 Å². The molecule has 1 aromatic heterocycles. The number of rotatable bonds is 2.